The van der Waals surface area contributed by atoms with Crippen LogP contribution < -0.4 is 9.29 Å². The summed E-state index contributed by atoms with van der Waals surface area (Å²) in [6.45, 7) is 2.90. The van der Waals surface area contributed by atoms with Crippen molar-refractivity contribution in [3.05, 3.63) is 90.8 Å². The van der Waals surface area contributed by atoms with Crippen LogP contribution in [-0.4, -0.2) is 27.9 Å². The summed E-state index contributed by atoms with van der Waals surface area (Å²) < 4.78 is 59.4. The van der Waals surface area contributed by atoms with E-state index in [1.165, 1.54) is 24.3 Å². The zero-order chi connectivity index (χ0) is 21.3. The van der Waals surface area contributed by atoms with Crippen molar-refractivity contribution in [1.29, 1.82) is 0 Å². The van der Waals surface area contributed by atoms with Crippen LogP contribution >= 0.6 is 0 Å². The van der Waals surface area contributed by atoms with Crippen molar-refractivity contribution in [2.24, 2.45) is 0 Å². The van der Waals surface area contributed by atoms with Gasteiger partial charge in [-0.3, -0.25) is 0 Å². The Morgan fingerprint density at radius 2 is 1.34 bits per heavy atom. The predicted molar refractivity (Wildman–Crippen MR) is 107 cm³/mol. The lowest BCUT2D eigenvalue weighted by Gasteiger charge is -2.05. The summed E-state index contributed by atoms with van der Waals surface area (Å²) in [6, 6.07) is 19.8. The second-order valence-electron chi connectivity index (χ2n) is 6.09. The lowest BCUT2D eigenvalue weighted by Crippen LogP contribution is -2.39. The fourth-order valence-electron chi connectivity index (χ4n) is 2.28. The third-order valence-corrected chi connectivity index (χ3v) is 6.13. The van der Waals surface area contributed by atoms with E-state index >= 15 is 0 Å². The van der Waals surface area contributed by atoms with Crippen molar-refractivity contribution in [2.75, 3.05) is 6.54 Å². The Morgan fingerprint density at radius 1 is 0.793 bits per heavy atom. The van der Waals surface area contributed by atoms with E-state index < -0.39 is 20.1 Å². The van der Waals surface area contributed by atoms with Gasteiger partial charge in [0.05, 0.1) is 16.3 Å². The topological polar surface area (TPSA) is 107 Å². The standard InChI is InChI=1S/C14H17N2O2S.C6H6O3S/c1-13-5-7-14(8-6-13)19(17,18)15-9-12-16-10-3-2-4-11-16;7-10(8,9)6-4-2-1-3-5-6/h2-8,10-11,15H,9,12H2,1H3;1-5H,(H,7,8,9)/q+1;/p-1. The molecule has 0 bridgehead atoms. The number of hydrogen-bond donors (Lipinski definition) is 1. The Kier molecular flexibility index (Phi) is 8.03. The number of rotatable bonds is 6. The summed E-state index contributed by atoms with van der Waals surface area (Å²) in [7, 11) is -7.66. The summed E-state index contributed by atoms with van der Waals surface area (Å²) in [5.41, 5.74) is 1.04. The Bertz CT molecular complexity index is 1100. The first-order valence-corrected chi connectivity index (χ1v) is 11.6. The largest absolute Gasteiger partial charge is 0.744 e. The van der Waals surface area contributed by atoms with Crippen LogP contribution in [0, 0.1) is 6.92 Å². The third-order valence-electron chi connectivity index (χ3n) is 3.80. The zero-order valence-corrected chi connectivity index (χ0v) is 17.4. The monoisotopic (exact) mass is 434 g/mol. The molecule has 0 radical (unpaired) electrons. The quantitative estimate of drug-likeness (QED) is 0.471. The van der Waals surface area contributed by atoms with Crippen molar-refractivity contribution in [2.45, 2.75) is 23.3 Å². The molecule has 3 rings (SSSR count). The minimum absolute atomic E-state index is 0.185. The van der Waals surface area contributed by atoms with E-state index in [4.69, 9.17) is 0 Å². The number of pyridine rings is 1. The maximum Gasteiger partial charge on any atom is 0.240 e. The van der Waals surface area contributed by atoms with E-state index in [0.29, 0.717) is 18.0 Å². The normalized spacial score (nSPS) is 11.4. The van der Waals surface area contributed by atoms with Crippen molar-refractivity contribution in [3.63, 3.8) is 0 Å². The van der Waals surface area contributed by atoms with E-state index in [0.717, 1.165) is 5.56 Å². The number of nitrogens with zero attached hydrogens (tertiary/aromatic N) is 1. The van der Waals surface area contributed by atoms with Gasteiger partial charge in [-0.05, 0) is 31.2 Å². The molecule has 1 aromatic heterocycles. The number of benzene rings is 2. The first-order chi connectivity index (χ1) is 13.7. The van der Waals surface area contributed by atoms with Crippen LogP contribution in [0.5, 0.6) is 0 Å². The molecule has 0 fully saturated rings. The molecule has 0 aliphatic carbocycles. The van der Waals surface area contributed by atoms with E-state index in [9.17, 15) is 21.4 Å². The highest BCUT2D eigenvalue weighted by Gasteiger charge is 2.13. The number of aromatic nitrogens is 1. The highest BCUT2D eigenvalue weighted by molar-refractivity contribution is 7.89. The Morgan fingerprint density at radius 3 is 1.86 bits per heavy atom. The SMILES string of the molecule is Cc1ccc(S(=O)(=O)NCC[n+]2ccccc2)cc1.O=S(=O)([O-])c1ccccc1. The van der Waals surface area contributed by atoms with Crippen LogP contribution in [0.2, 0.25) is 0 Å². The van der Waals surface area contributed by atoms with Crippen LogP contribution in [-0.2, 0) is 26.7 Å². The molecular weight excluding hydrogens is 412 g/mol. The van der Waals surface area contributed by atoms with Gasteiger partial charge in [0, 0.05) is 12.1 Å². The van der Waals surface area contributed by atoms with E-state index in [1.807, 2.05) is 42.1 Å². The first kappa shape index (κ1) is 22.7. The van der Waals surface area contributed by atoms with Gasteiger partial charge < -0.3 is 4.55 Å². The van der Waals surface area contributed by atoms with Gasteiger partial charge in [-0.25, -0.2) is 26.1 Å². The third kappa shape index (κ3) is 7.74. The molecule has 0 unspecified atom stereocenters. The maximum atomic E-state index is 12.0. The van der Waals surface area contributed by atoms with E-state index in [2.05, 4.69) is 4.72 Å². The minimum Gasteiger partial charge on any atom is -0.744 e. The highest BCUT2D eigenvalue weighted by atomic mass is 32.2. The van der Waals surface area contributed by atoms with Gasteiger partial charge in [0.1, 0.15) is 10.1 Å². The summed E-state index contributed by atoms with van der Waals surface area (Å²) in [5.74, 6) is 0. The fraction of sp³-hybridized carbons (Fsp3) is 0.150. The average Bonchev–Trinajstić information content (AvgIpc) is 2.70. The van der Waals surface area contributed by atoms with E-state index in [-0.39, 0.29) is 4.90 Å². The van der Waals surface area contributed by atoms with Gasteiger partial charge in [-0.2, -0.15) is 0 Å². The molecule has 0 spiro atoms. The van der Waals surface area contributed by atoms with Crippen LogP contribution in [0.3, 0.4) is 0 Å². The Hall–Kier alpha value is -2.59. The lowest BCUT2D eigenvalue weighted by atomic mass is 10.2. The molecule has 1 heterocycles. The fourth-order valence-corrected chi connectivity index (χ4v) is 3.79. The van der Waals surface area contributed by atoms with Crippen molar-refractivity contribution in [3.8, 4) is 0 Å². The molecule has 1 N–H and O–H groups in total. The second kappa shape index (κ2) is 10.3. The van der Waals surface area contributed by atoms with E-state index in [1.54, 1.807) is 30.3 Å². The van der Waals surface area contributed by atoms with Gasteiger partial charge >= 0.3 is 0 Å². The summed E-state index contributed by atoms with van der Waals surface area (Å²) in [6.07, 6.45) is 3.81. The molecule has 0 aliphatic heterocycles. The van der Waals surface area contributed by atoms with Crippen molar-refractivity contribution >= 4 is 20.1 Å². The predicted octanol–water partition coefficient (Wildman–Crippen LogP) is 1.85. The summed E-state index contributed by atoms with van der Waals surface area (Å²) in [4.78, 5) is 0.117. The van der Waals surface area contributed by atoms with Crippen LogP contribution in [0.4, 0.5) is 0 Å². The molecule has 0 amide bonds. The average molecular weight is 435 g/mol. The van der Waals surface area contributed by atoms with Gasteiger partial charge in [0.15, 0.2) is 18.9 Å². The Balaban J connectivity index is 0.000000253. The maximum absolute atomic E-state index is 12.0. The van der Waals surface area contributed by atoms with Crippen molar-refractivity contribution < 1.29 is 26.0 Å². The number of aryl methyl sites for hydroxylation is 1. The minimum atomic E-state index is -4.25. The van der Waals surface area contributed by atoms with Gasteiger partial charge in [0.2, 0.25) is 10.0 Å². The molecule has 9 heteroatoms. The first-order valence-electron chi connectivity index (χ1n) is 8.70. The molecule has 2 aromatic carbocycles. The highest BCUT2D eigenvalue weighted by Crippen LogP contribution is 2.09. The molecule has 0 saturated carbocycles. The van der Waals surface area contributed by atoms with Crippen LogP contribution in [0.25, 0.3) is 0 Å². The molecule has 0 saturated heterocycles. The smallest absolute Gasteiger partial charge is 0.240 e. The Labute approximate surface area is 171 Å². The van der Waals surface area contributed by atoms with Crippen LogP contribution in [0.1, 0.15) is 5.56 Å². The molecule has 29 heavy (non-hydrogen) atoms. The lowest BCUT2D eigenvalue weighted by molar-refractivity contribution is -0.694. The summed E-state index contributed by atoms with van der Waals surface area (Å²) >= 11 is 0. The van der Waals surface area contributed by atoms with Gasteiger partial charge in [0.25, 0.3) is 0 Å². The molecule has 0 atom stereocenters. The number of hydrogen-bond acceptors (Lipinski definition) is 5. The van der Waals surface area contributed by atoms with Gasteiger partial charge in [-0.1, -0.05) is 42.0 Å². The molecule has 0 aliphatic rings. The summed E-state index contributed by atoms with van der Waals surface area (Å²) in [5, 5.41) is 0. The molecule has 154 valence electrons. The second-order valence-corrected chi connectivity index (χ2v) is 9.24. The molecular formula is C20H22N2O5S2. The molecule has 3 aromatic rings. The number of sulfonamides is 1. The van der Waals surface area contributed by atoms with Crippen LogP contribution in [0.15, 0.2) is 95.0 Å². The van der Waals surface area contributed by atoms with Crippen molar-refractivity contribution in [1.82, 2.24) is 4.72 Å². The van der Waals surface area contributed by atoms with Gasteiger partial charge in [-0.15, -0.1) is 0 Å². The zero-order valence-electron chi connectivity index (χ0n) is 15.8. The molecule has 7 nitrogen and oxygen atoms in total. The number of nitrogens with one attached hydrogen (secondary N) is 1.